The van der Waals surface area contributed by atoms with Crippen molar-refractivity contribution in [1.82, 2.24) is 19.3 Å². The molecule has 0 saturated heterocycles. The van der Waals surface area contributed by atoms with Crippen molar-refractivity contribution in [3.05, 3.63) is 31.6 Å². The van der Waals surface area contributed by atoms with Crippen molar-refractivity contribution in [3.63, 3.8) is 0 Å². The normalized spacial score (nSPS) is 11.4. The van der Waals surface area contributed by atoms with Gasteiger partial charge in [0.25, 0.3) is 5.52 Å². The van der Waals surface area contributed by atoms with E-state index in [0.717, 1.165) is 4.57 Å². The molecule has 0 aliphatic heterocycles. The van der Waals surface area contributed by atoms with E-state index in [2.05, 4.69) is 10.1 Å². The summed E-state index contributed by atoms with van der Waals surface area (Å²) in [5.74, 6) is 0.101. The molecule has 0 bridgehead atoms. The topological polar surface area (TPSA) is 95.7 Å². The van der Waals surface area contributed by atoms with Crippen LogP contribution in [0.4, 0.5) is 0 Å². The molecule has 0 atom stereocenters. The summed E-state index contributed by atoms with van der Waals surface area (Å²) in [6.07, 6.45) is 0. The maximum Gasteiger partial charge on any atom is 0.370 e. The first-order valence-electron chi connectivity index (χ1n) is 5.47. The van der Waals surface area contributed by atoms with Crippen LogP contribution in [-0.4, -0.2) is 19.3 Å². The number of aryl methyl sites for hydroxylation is 1. The van der Waals surface area contributed by atoms with Crippen LogP contribution < -0.4 is 15.7 Å². The first-order chi connectivity index (χ1) is 8.34. The molecule has 2 aromatic heterocycles. The fourth-order valence-corrected chi connectivity index (χ4v) is 1.72. The van der Waals surface area contributed by atoms with Gasteiger partial charge in [-0.15, -0.1) is 0 Å². The molecule has 2 aromatic rings. The molecular weight excluding hydrogens is 238 g/mol. The molecule has 0 radical (unpaired) electrons. The van der Waals surface area contributed by atoms with Crippen molar-refractivity contribution >= 4 is 11.2 Å². The Bertz CT molecular complexity index is 796. The Labute approximate surface area is 101 Å². The van der Waals surface area contributed by atoms with E-state index < -0.39 is 11.2 Å². The molecule has 1 N–H and O–H groups in total. The van der Waals surface area contributed by atoms with E-state index in [-0.39, 0.29) is 22.9 Å². The lowest BCUT2D eigenvalue weighted by atomic mass is 10.2. The summed E-state index contributed by atoms with van der Waals surface area (Å²) in [4.78, 5) is 38.0. The first-order valence-corrected chi connectivity index (χ1v) is 5.47. The Morgan fingerprint density at radius 2 is 1.89 bits per heavy atom. The standard InChI is InChI=1S/C10H13N5O3/c1-5(2)7-12-14(4)8-6(15(7)18)9(16)13(3)10(17)11-8/h5H,1-4H3/p+1. The number of nitrogens with one attached hydrogen (secondary N) is 1. The van der Waals surface area contributed by atoms with E-state index in [1.165, 1.54) is 11.7 Å². The fraction of sp³-hybridized carbons (Fsp3) is 0.500. The SMILES string of the molecule is CC(C)c1nn(C)c2[nH]c(=O)n(C)c(=O)c2[n+]1=O. The number of hydrogen-bond donors (Lipinski definition) is 1. The molecule has 0 fully saturated rings. The van der Waals surface area contributed by atoms with Gasteiger partial charge in [-0.2, -0.15) is 4.68 Å². The second-order valence-corrected chi connectivity index (χ2v) is 4.42. The maximum atomic E-state index is 12.1. The van der Waals surface area contributed by atoms with Crippen LogP contribution in [0.15, 0.2) is 9.59 Å². The average molecular weight is 252 g/mol. The third-order valence-corrected chi connectivity index (χ3v) is 2.77. The van der Waals surface area contributed by atoms with Crippen LogP contribution in [0.2, 0.25) is 0 Å². The van der Waals surface area contributed by atoms with Crippen molar-refractivity contribution in [1.29, 1.82) is 0 Å². The Hall–Kier alpha value is -2.25. The molecule has 18 heavy (non-hydrogen) atoms. The molecular formula is C10H14N5O3+. The lowest BCUT2D eigenvalue weighted by Gasteiger charge is -2.02. The van der Waals surface area contributed by atoms with E-state index in [4.69, 9.17) is 0 Å². The summed E-state index contributed by atoms with van der Waals surface area (Å²) < 4.78 is 2.68. The Kier molecular flexibility index (Phi) is 2.64. The van der Waals surface area contributed by atoms with Gasteiger partial charge in [0.2, 0.25) is 5.65 Å². The summed E-state index contributed by atoms with van der Waals surface area (Å²) in [6.45, 7) is 3.61. The number of H-pyrrole nitrogens is 1. The fourth-order valence-electron chi connectivity index (χ4n) is 1.72. The predicted molar refractivity (Wildman–Crippen MR) is 64.0 cm³/mol. The number of nitrogens with zero attached hydrogens (tertiary/aromatic N) is 4. The van der Waals surface area contributed by atoms with Gasteiger partial charge in [0, 0.05) is 11.5 Å². The predicted octanol–water partition coefficient (Wildman–Crippen LogP) is -1.00. The summed E-state index contributed by atoms with van der Waals surface area (Å²) in [5, 5.41) is 4.06. The van der Waals surface area contributed by atoms with Crippen molar-refractivity contribution in [2.24, 2.45) is 14.1 Å². The second-order valence-electron chi connectivity index (χ2n) is 4.42. The number of aromatic nitrogens is 5. The maximum absolute atomic E-state index is 12.1. The molecule has 0 unspecified atom stereocenters. The molecule has 0 amide bonds. The summed E-state index contributed by atoms with van der Waals surface area (Å²) in [5.41, 5.74) is -1.22. The summed E-state index contributed by atoms with van der Waals surface area (Å²) in [7, 11) is 2.89. The largest absolute Gasteiger partial charge is 0.370 e. The van der Waals surface area contributed by atoms with Crippen molar-refractivity contribution in [3.8, 4) is 0 Å². The highest BCUT2D eigenvalue weighted by molar-refractivity contribution is 5.63. The number of aromatic amines is 1. The highest BCUT2D eigenvalue weighted by Gasteiger charge is 2.24. The Morgan fingerprint density at radius 3 is 2.44 bits per heavy atom. The average Bonchev–Trinajstić information content (AvgIpc) is 2.30. The van der Waals surface area contributed by atoms with Gasteiger partial charge >= 0.3 is 17.1 Å². The molecule has 8 heteroatoms. The zero-order valence-corrected chi connectivity index (χ0v) is 10.6. The van der Waals surface area contributed by atoms with Crippen LogP contribution in [0.3, 0.4) is 0 Å². The lowest BCUT2D eigenvalue weighted by Crippen LogP contribution is -2.41. The van der Waals surface area contributed by atoms with Gasteiger partial charge in [-0.05, 0) is 0 Å². The molecule has 0 spiro atoms. The summed E-state index contributed by atoms with van der Waals surface area (Å²) in [6, 6.07) is 0. The molecule has 0 saturated carbocycles. The minimum absolute atomic E-state index is 0.113. The molecule has 0 aliphatic carbocycles. The van der Waals surface area contributed by atoms with Crippen molar-refractivity contribution < 1.29 is 4.43 Å². The van der Waals surface area contributed by atoms with E-state index in [9.17, 15) is 14.5 Å². The summed E-state index contributed by atoms with van der Waals surface area (Å²) >= 11 is 0. The molecule has 96 valence electrons. The van der Waals surface area contributed by atoms with Crippen LogP contribution >= 0.6 is 0 Å². The van der Waals surface area contributed by atoms with Crippen LogP contribution in [0.1, 0.15) is 25.6 Å². The van der Waals surface area contributed by atoms with Crippen molar-refractivity contribution in [2.75, 3.05) is 0 Å². The molecule has 8 nitrogen and oxygen atoms in total. The smallest absolute Gasteiger partial charge is 0.287 e. The Morgan fingerprint density at radius 1 is 1.28 bits per heavy atom. The number of rotatable bonds is 1. The quantitative estimate of drug-likeness (QED) is 0.658. The van der Waals surface area contributed by atoms with Crippen molar-refractivity contribution in [2.45, 2.75) is 19.8 Å². The van der Waals surface area contributed by atoms with E-state index in [0.29, 0.717) is 4.43 Å². The van der Waals surface area contributed by atoms with Gasteiger partial charge in [0.1, 0.15) is 0 Å². The minimum atomic E-state index is -0.636. The van der Waals surface area contributed by atoms with Crippen LogP contribution in [0, 0.1) is 4.91 Å². The monoisotopic (exact) mass is 252 g/mol. The van der Waals surface area contributed by atoms with Crippen LogP contribution in [-0.2, 0) is 14.1 Å². The highest BCUT2D eigenvalue weighted by atomic mass is 16.3. The zero-order chi connectivity index (χ0) is 13.6. The third-order valence-electron chi connectivity index (χ3n) is 2.77. The van der Waals surface area contributed by atoms with Gasteiger partial charge in [0.05, 0.1) is 18.1 Å². The van der Waals surface area contributed by atoms with Gasteiger partial charge in [-0.25, -0.2) is 4.79 Å². The zero-order valence-electron chi connectivity index (χ0n) is 10.6. The Balaban J connectivity index is 3.15. The van der Waals surface area contributed by atoms with Crippen LogP contribution in [0.25, 0.3) is 11.2 Å². The number of fused-ring (bicyclic) bond motifs is 1. The van der Waals surface area contributed by atoms with E-state index >= 15 is 0 Å². The molecule has 2 rings (SSSR count). The minimum Gasteiger partial charge on any atom is -0.287 e. The van der Waals surface area contributed by atoms with Gasteiger partial charge in [-0.1, -0.05) is 18.8 Å². The van der Waals surface area contributed by atoms with E-state index in [1.54, 1.807) is 20.9 Å². The molecule has 2 heterocycles. The second kappa shape index (κ2) is 3.90. The van der Waals surface area contributed by atoms with E-state index in [1.807, 2.05) is 0 Å². The van der Waals surface area contributed by atoms with Gasteiger partial charge in [0.15, 0.2) is 0 Å². The number of hydrogen-bond acceptors (Lipinski definition) is 4. The van der Waals surface area contributed by atoms with Gasteiger partial charge in [-0.3, -0.25) is 14.3 Å². The lowest BCUT2D eigenvalue weighted by molar-refractivity contribution is -0.483. The van der Waals surface area contributed by atoms with Gasteiger partial charge < -0.3 is 0 Å². The third kappa shape index (κ3) is 1.57. The van der Waals surface area contributed by atoms with Crippen LogP contribution in [0.5, 0.6) is 0 Å². The molecule has 0 aliphatic rings. The highest BCUT2D eigenvalue weighted by Crippen LogP contribution is 2.06. The molecule has 0 aromatic carbocycles. The first kappa shape index (κ1) is 12.2.